The van der Waals surface area contributed by atoms with E-state index < -0.39 is 13.4 Å². The van der Waals surface area contributed by atoms with Gasteiger partial charge in [0.25, 0.3) is 0 Å². The number of hydrogen-bond acceptors (Lipinski definition) is 3. The van der Waals surface area contributed by atoms with Gasteiger partial charge in [0.2, 0.25) is 0 Å². The van der Waals surface area contributed by atoms with E-state index in [-0.39, 0.29) is 0 Å². The van der Waals surface area contributed by atoms with E-state index in [2.05, 4.69) is 11.6 Å². The minimum atomic E-state index is -1.05. The lowest BCUT2D eigenvalue weighted by Crippen LogP contribution is -2.37. The summed E-state index contributed by atoms with van der Waals surface area (Å²) in [5.41, 5.74) is 0. The molecule has 0 heterocycles. The molecule has 0 aromatic rings. The van der Waals surface area contributed by atoms with Crippen LogP contribution in [0.1, 0.15) is 39.5 Å². The zero-order valence-electron chi connectivity index (χ0n) is 7.95. The standard InChI is InChI=1S/C8H18BO3/c1-3-4-5-6-7-9(11)12-8(2)10/h8,10H,3-7H2,1-2H3/q-1. The van der Waals surface area contributed by atoms with Crippen LogP contribution < -0.4 is 5.02 Å². The summed E-state index contributed by atoms with van der Waals surface area (Å²) < 4.78 is 4.63. The molecule has 0 aromatic heterocycles. The molecule has 0 aromatic carbocycles. The Morgan fingerprint density at radius 1 is 1.42 bits per heavy atom. The monoisotopic (exact) mass is 173 g/mol. The Bertz CT molecular complexity index is 98.3. The fraction of sp³-hybridized carbons (Fsp3) is 1.00. The van der Waals surface area contributed by atoms with E-state index in [1.165, 1.54) is 19.8 Å². The van der Waals surface area contributed by atoms with Gasteiger partial charge in [-0.3, -0.25) is 0 Å². The molecule has 0 rings (SSSR count). The molecule has 1 N–H and O–H groups in total. The Balaban J connectivity index is 3.14. The van der Waals surface area contributed by atoms with Crippen LogP contribution in [0.25, 0.3) is 0 Å². The second-order valence-corrected chi connectivity index (χ2v) is 3.01. The van der Waals surface area contributed by atoms with Gasteiger partial charge in [0, 0.05) is 0 Å². The number of aliphatic hydroxyl groups excluding tert-OH is 1. The molecule has 0 radical (unpaired) electrons. The molecule has 12 heavy (non-hydrogen) atoms. The van der Waals surface area contributed by atoms with E-state index in [9.17, 15) is 5.02 Å². The third-order valence-electron chi connectivity index (χ3n) is 1.64. The summed E-state index contributed by atoms with van der Waals surface area (Å²) in [6.07, 6.45) is 3.89. The number of unbranched alkanes of at least 4 members (excludes halogenated alkanes) is 3. The minimum absolute atomic E-state index is 0.505. The maximum absolute atomic E-state index is 10.9. The van der Waals surface area contributed by atoms with Crippen LogP contribution in [0, 0.1) is 0 Å². The van der Waals surface area contributed by atoms with Crippen LogP contribution in [0.5, 0.6) is 0 Å². The van der Waals surface area contributed by atoms with Crippen molar-refractivity contribution in [2.24, 2.45) is 0 Å². The molecule has 1 unspecified atom stereocenters. The lowest BCUT2D eigenvalue weighted by Gasteiger charge is -2.21. The maximum Gasteiger partial charge on any atom is 0.186 e. The molecule has 72 valence electrons. The summed E-state index contributed by atoms with van der Waals surface area (Å²) in [5.74, 6) is 0. The van der Waals surface area contributed by atoms with Crippen molar-refractivity contribution in [3.8, 4) is 0 Å². The molecular formula is C8H18BO3-. The zero-order valence-corrected chi connectivity index (χ0v) is 7.95. The van der Waals surface area contributed by atoms with E-state index in [1.54, 1.807) is 0 Å². The van der Waals surface area contributed by atoms with Crippen molar-refractivity contribution in [3.63, 3.8) is 0 Å². The SMILES string of the molecule is CCCCCCB([O-])OC(C)O. The van der Waals surface area contributed by atoms with Crippen LogP contribution in [0.2, 0.25) is 6.32 Å². The molecule has 0 aliphatic rings. The molecule has 0 aliphatic carbocycles. The number of hydrogen-bond donors (Lipinski definition) is 1. The molecule has 0 fully saturated rings. The first-order chi connectivity index (χ1) is 5.66. The first-order valence-electron chi connectivity index (χ1n) is 4.66. The summed E-state index contributed by atoms with van der Waals surface area (Å²) in [6.45, 7) is 3.58. The van der Waals surface area contributed by atoms with Crippen LogP contribution in [0.4, 0.5) is 0 Å². The highest BCUT2D eigenvalue weighted by Crippen LogP contribution is 2.04. The van der Waals surface area contributed by atoms with Gasteiger partial charge >= 0.3 is 0 Å². The van der Waals surface area contributed by atoms with Gasteiger partial charge in [-0.05, 0) is 6.92 Å². The van der Waals surface area contributed by atoms with Crippen molar-refractivity contribution in [2.45, 2.75) is 52.1 Å². The van der Waals surface area contributed by atoms with Gasteiger partial charge in [-0.25, -0.2) is 0 Å². The van der Waals surface area contributed by atoms with Gasteiger partial charge in [0.05, 0.1) is 0 Å². The van der Waals surface area contributed by atoms with Crippen LogP contribution >= 0.6 is 0 Å². The molecule has 0 bridgehead atoms. The lowest BCUT2D eigenvalue weighted by molar-refractivity contribution is -0.237. The maximum atomic E-state index is 10.9. The van der Waals surface area contributed by atoms with E-state index in [4.69, 9.17) is 5.11 Å². The molecule has 4 heteroatoms. The van der Waals surface area contributed by atoms with E-state index in [0.29, 0.717) is 6.32 Å². The van der Waals surface area contributed by atoms with Gasteiger partial charge in [-0.2, -0.15) is 0 Å². The molecular weight excluding hydrogens is 155 g/mol. The topological polar surface area (TPSA) is 52.5 Å². The molecule has 1 atom stereocenters. The van der Waals surface area contributed by atoms with Crippen molar-refractivity contribution >= 4 is 7.12 Å². The molecule has 3 nitrogen and oxygen atoms in total. The summed E-state index contributed by atoms with van der Waals surface area (Å²) in [6, 6.07) is 0. The quantitative estimate of drug-likeness (QED) is 0.351. The van der Waals surface area contributed by atoms with Crippen LogP contribution in [-0.2, 0) is 4.65 Å². The molecule has 0 aliphatic heterocycles. The fourth-order valence-electron chi connectivity index (χ4n) is 1.03. The van der Waals surface area contributed by atoms with Gasteiger partial charge in [-0.1, -0.05) is 38.9 Å². The molecule has 0 amide bonds. The Morgan fingerprint density at radius 3 is 2.58 bits per heavy atom. The predicted octanol–water partition coefficient (Wildman–Crippen LogP) is 0.770. The van der Waals surface area contributed by atoms with Crippen molar-refractivity contribution in [1.29, 1.82) is 0 Å². The highest BCUT2D eigenvalue weighted by Gasteiger charge is 2.01. The first-order valence-corrected chi connectivity index (χ1v) is 4.66. The average Bonchev–Trinajstić information content (AvgIpc) is 1.97. The summed E-state index contributed by atoms with van der Waals surface area (Å²) in [5, 5.41) is 19.6. The second kappa shape index (κ2) is 7.59. The normalized spacial score (nSPS) is 13.0. The van der Waals surface area contributed by atoms with E-state index >= 15 is 0 Å². The lowest BCUT2D eigenvalue weighted by atomic mass is 9.82. The fourth-order valence-corrected chi connectivity index (χ4v) is 1.03. The van der Waals surface area contributed by atoms with Crippen LogP contribution in [-0.4, -0.2) is 18.5 Å². The highest BCUT2D eigenvalue weighted by molar-refractivity contribution is 6.40. The smallest absolute Gasteiger partial charge is 0.186 e. The summed E-state index contributed by atoms with van der Waals surface area (Å²) >= 11 is 0. The minimum Gasteiger partial charge on any atom is -0.856 e. The Labute approximate surface area is 74.9 Å². The van der Waals surface area contributed by atoms with Gasteiger partial charge < -0.3 is 14.8 Å². The third kappa shape index (κ3) is 8.05. The average molecular weight is 173 g/mol. The van der Waals surface area contributed by atoms with Gasteiger partial charge in [0.1, 0.15) is 6.29 Å². The second-order valence-electron chi connectivity index (χ2n) is 3.01. The van der Waals surface area contributed by atoms with Gasteiger partial charge in [0.15, 0.2) is 7.12 Å². The third-order valence-corrected chi connectivity index (χ3v) is 1.64. The van der Waals surface area contributed by atoms with Crippen molar-refractivity contribution in [2.75, 3.05) is 0 Å². The number of rotatable bonds is 7. The molecule has 0 saturated heterocycles. The number of aliphatic hydroxyl groups is 1. The van der Waals surface area contributed by atoms with E-state index in [1.807, 2.05) is 0 Å². The van der Waals surface area contributed by atoms with E-state index in [0.717, 1.165) is 12.8 Å². The van der Waals surface area contributed by atoms with Crippen molar-refractivity contribution < 1.29 is 14.8 Å². The Morgan fingerprint density at radius 2 is 2.08 bits per heavy atom. The molecule has 0 spiro atoms. The van der Waals surface area contributed by atoms with Crippen LogP contribution in [0.3, 0.4) is 0 Å². The Kier molecular flexibility index (Phi) is 7.55. The Hall–Kier alpha value is -0.0551. The zero-order chi connectivity index (χ0) is 9.40. The van der Waals surface area contributed by atoms with Crippen LogP contribution in [0.15, 0.2) is 0 Å². The largest absolute Gasteiger partial charge is 0.856 e. The summed E-state index contributed by atoms with van der Waals surface area (Å²) in [4.78, 5) is 0. The first kappa shape index (κ1) is 11.9. The molecule has 0 saturated carbocycles. The predicted molar refractivity (Wildman–Crippen MR) is 47.5 cm³/mol. The summed E-state index contributed by atoms with van der Waals surface area (Å²) in [7, 11) is -1.05. The van der Waals surface area contributed by atoms with Gasteiger partial charge in [-0.15, -0.1) is 0 Å². The van der Waals surface area contributed by atoms with Crippen molar-refractivity contribution in [3.05, 3.63) is 0 Å². The highest BCUT2D eigenvalue weighted by atomic mass is 16.6. The van der Waals surface area contributed by atoms with Crippen molar-refractivity contribution in [1.82, 2.24) is 0 Å².